The minimum atomic E-state index is 0.0526. The van der Waals surface area contributed by atoms with Gasteiger partial charge in [0.05, 0.1) is 0 Å². The van der Waals surface area contributed by atoms with E-state index in [1.165, 1.54) is 0 Å². The average Bonchev–Trinajstić information content (AvgIpc) is 2.48. The van der Waals surface area contributed by atoms with Crippen molar-refractivity contribution in [2.75, 3.05) is 0 Å². The standard InChI is InChI=1S/C15H11NO/c1-10-8-11-6-7-16-9-14(11)15(17)13-5-3-2-4-12(10)13/h2-9H,1H3. The Labute approximate surface area is 98.6 Å². The Balaban J connectivity index is 2.73. The SMILES string of the molecule is Cc1cc2ccncc2c(=O)c2ccccc12. The van der Waals surface area contributed by atoms with E-state index in [0.29, 0.717) is 5.39 Å². The third-order valence-corrected chi connectivity index (χ3v) is 3.07. The minimum absolute atomic E-state index is 0.0526. The van der Waals surface area contributed by atoms with Crippen LogP contribution in [0.4, 0.5) is 0 Å². The Morgan fingerprint density at radius 2 is 1.76 bits per heavy atom. The summed E-state index contributed by atoms with van der Waals surface area (Å²) in [6.07, 6.45) is 3.36. The Morgan fingerprint density at radius 1 is 1.00 bits per heavy atom. The highest BCUT2D eigenvalue weighted by atomic mass is 16.1. The fourth-order valence-corrected chi connectivity index (χ4v) is 2.20. The van der Waals surface area contributed by atoms with E-state index in [4.69, 9.17) is 0 Å². The zero-order chi connectivity index (χ0) is 11.8. The third-order valence-electron chi connectivity index (χ3n) is 3.07. The normalized spacial score (nSPS) is 10.9. The molecule has 0 amide bonds. The number of hydrogen-bond donors (Lipinski definition) is 0. The summed E-state index contributed by atoms with van der Waals surface area (Å²) in [6.45, 7) is 2.03. The lowest BCUT2D eigenvalue weighted by Gasteiger charge is -1.93. The average molecular weight is 221 g/mol. The van der Waals surface area contributed by atoms with Crippen molar-refractivity contribution in [3.05, 3.63) is 64.6 Å². The largest absolute Gasteiger partial charge is 0.289 e. The summed E-state index contributed by atoms with van der Waals surface area (Å²) in [5.41, 5.74) is 1.16. The summed E-state index contributed by atoms with van der Waals surface area (Å²) in [7, 11) is 0. The second-order valence-electron chi connectivity index (χ2n) is 4.16. The molecule has 2 heteroatoms. The van der Waals surface area contributed by atoms with Crippen LogP contribution in [0.5, 0.6) is 0 Å². The van der Waals surface area contributed by atoms with E-state index in [0.717, 1.165) is 21.7 Å². The van der Waals surface area contributed by atoms with Gasteiger partial charge in [-0.1, -0.05) is 30.3 Å². The van der Waals surface area contributed by atoms with Gasteiger partial charge in [-0.2, -0.15) is 0 Å². The fourth-order valence-electron chi connectivity index (χ4n) is 2.20. The Kier molecular flexibility index (Phi) is 2.15. The monoisotopic (exact) mass is 221 g/mol. The van der Waals surface area contributed by atoms with Crippen LogP contribution < -0.4 is 5.43 Å². The van der Waals surface area contributed by atoms with E-state index in [-0.39, 0.29) is 5.43 Å². The number of nitrogens with zero attached hydrogens (tertiary/aromatic N) is 1. The molecule has 0 aliphatic carbocycles. The molecule has 0 N–H and O–H groups in total. The summed E-state index contributed by atoms with van der Waals surface area (Å²) in [6, 6.07) is 11.6. The molecule has 0 saturated carbocycles. The van der Waals surface area contributed by atoms with Gasteiger partial charge < -0.3 is 0 Å². The van der Waals surface area contributed by atoms with Crippen molar-refractivity contribution < 1.29 is 0 Å². The van der Waals surface area contributed by atoms with Crippen LogP contribution in [0.15, 0.2) is 53.6 Å². The fraction of sp³-hybridized carbons (Fsp3) is 0.0667. The van der Waals surface area contributed by atoms with Crippen molar-refractivity contribution in [1.29, 1.82) is 0 Å². The van der Waals surface area contributed by atoms with Crippen LogP contribution >= 0.6 is 0 Å². The van der Waals surface area contributed by atoms with Gasteiger partial charge in [0.15, 0.2) is 5.43 Å². The number of aromatic nitrogens is 1. The van der Waals surface area contributed by atoms with Gasteiger partial charge in [0.2, 0.25) is 0 Å². The van der Waals surface area contributed by atoms with Crippen LogP contribution in [0.2, 0.25) is 0 Å². The van der Waals surface area contributed by atoms with Crippen LogP contribution in [0, 0.1) is 6.92 Å². The molecule has 3 aromatic rings. The van der Waals surface area contributed by atoms with Crippen molar-refractivity contribution in [3.63, 3.8) is 0 Å². The Morgan fingerprint density at radius 3 is 2.59 bits per heavy atom. The summed E-state index contributed by atoms with van der Waals surface area (Å²) >= 11 is 0. The number of pyridine rings is 1. The molecular formula is C15H11NO. The molecule has 82 valence electrons. The zero-order valence-electron chi connectivity index (χ0n) is 9.47. The molecule has 1 heterocycles. The molecule has 0 saturated heterocycles. The second-order valence-corrected chi connectivity index (χ2v) is 4.16. The van der Waals surface area contributed by atoms with Gasteiger partial charge in [0.25, 0.3) is 0 Å². The van der Waals surface area contributed by atoms with Crippen LogP contribution in [0.1, 0.15) is 5.56 Å². The van der Waals surface area contributed by atoms with E-state index in [1.807, 2.05) is 43.3 Å². The van der Waals surface area contributed by atoms with Crippen LogP contribution in [-0.4, -0.2) is 4.98 Å². The van der Waals surface area contributed by atoms with Gasteiger partial charge in [-0.3, -0.25) is 9.78 Å². The van der Waals surface area contributed by atoms with Gasteiger partial charge in [-0.15, -0.1) is 0 Å². The van der Waals surface area contributed by atoms with Crippen LogP contribution in [-0.2, 0) is 0 Å². The van der Waals surface area contributed by atoms with Gasteiger partial charge in [-0.25, -0.2) is 0 Å². The van der Waals surface area contributed by atoms with Gasteiger partial charge in [0.1, 0.15) is 0 Å². The van der Waals surface area contributed by atoms with Crippen LogP contribution in [0.25, 0.3) is 21.5 Å². The predicted molar refractivity (Wildman–Crippen MR) is 70.3 cm³/mol. The molecule has 0 aliphatic heterocycles. The molecule has 2 aromatic carbocycles. The van der Waals surface area contributed by atoms with E-state index in [9.17, 15) is 4.79 Å². The number of benzene rings is 1. The third kappa shape index (κ3) is 1.49. The van der Waals surface area contributed by atoms with Crippen molar-refractivity contribution >= 4 is 21.5 Å². The van der Waals surface area contributed by atoms with Crippen molar-refractivity contribution in [2.45, 2.75) is 6.92 Å². The first-order valence-corrected chi connectivity index (χ1v) is 5.54. The lowest BCUT2D eigenvalue weighted by Crippen LogP contribution is -1.98. The second kappa shape index (κ2) is 3.67. The molecule has 2 nitrogen and oxygen atoms in total. The lowest BCUT2D eigenvalue weighted by molar-refractivity contribution is 1.36. The maximum atomic E-state index is 12.4. The molecule has 17 heavy (non-hydrogen) atoms. The maximum Gasteiger partial charge on any atom is 0.195 e. The van der Waals surface area contributed by atoms with E-state index in [1.54, 1.807) is 12.4 Å². The molecule has 0 unspecified atom stereocenters. The van der Waals surface area contributed by atoms with E-state index >= 15 is 0 Å². The molecule has 0 bridgehead atoms. The zero-order valence-corrected chi connectivity index (χ0v) is 9.47. The smallest absolute Gasteiger partial charge is 0.195 e. The highest BCUT2D eigenvalue weighted by molar-refractivity contribution is 5.94. The first-order valence-electron chi connectivity index (χ1n) is 5.54. The topological polar surface area (TPSA) is 30.0 Å². The van der Waals surface area contributed by atoms with Gasteiger partial charge >= 0.3 is 0 Å². The number of fused-ring (bicyclic) bond motifs is 2. The van der Waals surface area contributed by atoms with Crippen molar-refractivity contribution in [1.82, 2.24) is 4.98 Å². The first-order chi connectivity index (χ1) is 8.27. The number of hydrogen-bond acceptors (Lipinski definition) is 2. The quantitative estimate of drug-likeness (QED) is 0.584. The minimum Gasteiger partial charge on any atom is -0.289 e. The maximum absolute atomic E-state index is 12.4. The summed E-state index contributed by atoms with van der Waals surface area (Å²) in [5.74, 6) is 0. The van der Waals surface area contributed by atoms with Crippen molar-refractivity contribution in [3.8, 4) is 0 Å². The molecule has 1 aromatic heterocycles. The molecule has 0 aliphatic rings. The Bertz CT molecular complexity index is 778. The van der Waals surface area contributed by atoms with E-state index < -0.39 is 0 Å². The van der Waals surface area contributed by atoms with E-state index in [2.05, 4.69) is 4.98 Å². The van der Waals surface area contributed by atoms with Crippen LogP contribution in [0.3, 0.4) is 0 Å². The summed E-state index contributed by atoms with van der Waals surface area (Å²) in [4.78, 5) is 16.4. The number of rotatable bonds is 0. The molecule has 0 radical (unpaired) electrons. The predicted octanol–water partition coefficient (Wildman–Crippen LogP) is 3.06. The highest BCUT2D eigenvalue weighted by Gasteiger charge is 2.03. The Hall–Kier alpha value is -2.22. The molecule has 0 atom stereocenters. The van der Waals surface area contributed by atoms with Gasteiger partial charge in [0, 0.05) is 23.2 Å². The molecule has 3 rings (SSSR count). The highest BCUT2D eigenvalue weighted by Crippen LogP contribution is 2.18. The first kappa shape index (κ1) is 9.97. The van der Waals surface area contributed by atoms with Crippen molar-refractivity contribution in [2.24, 2.45) is 0 Å². The molecule has 0 fully saturated rings. The lowest BCUT2D eigenvalue weighted by atomic mass is 10.1. The summed E-state index contributed by atoms with van der Waals surface area (Å²) in [5, 5.41) is 3.39. The number of aryl methyl sites for hydroxylation is 1. The molecule has 0 spiro atoms. The summed E-state index contributed by atoms with van der Waals surface area (Å²) < 4.78 is 0. The van der Waals surface area contributed by atoms with Gasteiger partial charge in [-0.05, 0) is 29.3 Å². The molecular weight excluding hydrogens is 210 g/mol.